The first-order chi connectivity index (χ1) is 14.9. The van der Waals surface area contributed by atoms with Crippen LogP contribution in [0.15, 0.2) is 58.4 Å². The van der Waals surface area contributed by atoms with Crippen LogP contribution in [0.4, 0.5) is 5.69 Å². The molecule has 0 bridgehead atoms. The summed E-state index contributed by atoms with van der Waals surface area (Å²) in [6, 6.07) is 15.0. The van der Waals surface area contributed by atoms with Gasteiger partial charge in [0.2, 0.25) is 10.0 Å². The van der Waals surface area contributed by atoms with Crippen molar-refractivity contribution in [2.75, 3.05) is 38.2 Å². The average molecular weight is 574 g/mol. The van der Waals surface area contributed by atoms with E-state index in [4.69, 9.17) is 9.88 Å². The predicted octanol–water partition coefficient (Wildman–Crippen LogP) is 2.34. The zero-order chi connectivity index (χ0) is 22.3. The number of ether oxygens (including phenoxy) is 1. The first kappa shape index (κ1) is 26.2. The summed E-state index contributed by atoms with van der Waals surface area (Å²) in [6.07, 6.45) is 1.72. The van der Waals surface area contributed by atoms with Crippen molar-refractivity contribution >= 4 is 45.6 Å². The van der Waals surface area contributed by atoms with Crippen LogP contribution in [0.3, 0.4) is 0 Å². The standard InChI is InChI=1S/C22H31N5O3S.HI/c1-3-24-22(25-14-12-17-8-10-19(11-9-17)31(23,28)29)26-18-13-15-27(16-18)20-6-4-5-7-21(20)30-2;/h4-11,18H,3,12-16H2,1-2H3,(H2,23,28,29)(H2,24,25,26);1H. The van der Waals surface area contributed by atoms with Crippen LogP contribution in [-0.2, 0) is 16.4 Å². The summed E-state index contributed by atoms with van der Waals surface area (Å²) in [6.45, 7) is 5.23. The lowest BCUT2D eigenvalue weighted by molar-refractivity contribution is 0.415. The van der Waals surface area contributed by atoms with Crippen molar-refractivity contribution in [1.29, 1.82) is 0 Å². The number of nitrogens with one attached hydrogen (secondary N) is 2. The first-order valence-electron chi connectivity index (χ1n) is 10.4. The van der Waals surface area contributed by atoms with E-state index < -0.39 is 10.0 Å². The van der Waals surface area contributed by atoms with E-state index in [0.29, 0.717) is 13.0 Å². The zero-order valence-corrected chi connectivity index (χ0v) is 21.6. The summed E-state index contributed by atoms with van der Waals surface area (Å²) in [5.74, 6) is 1.67. The van der Waals surface area contributed by atoms with Crippen molar-refractivity contribution in [3.8, 4) is 5.75 Å². The molecule has 176 valence electrons. The number of hydrogen-bond donors (Lipinski definition) is 3. The van der Waals surface area contributed by atoms with Gasteiger partial charge in [0.15, 0.2) is 5.96 Å². The summed E-state index contributed by atoms with van der Waals surface area (Å²) >= 11 is 0. The fourth-order valence-electron chi connectivity index (χ4n) is 3.64. The third kappa shape index (κ3) is 7.24. The molecular formula is C22H32IN5O3S. The molecule has 1 saturated heterocycles. The van der Waals surface area contributed by atoms with Gasteiger partial charge in [0.05, 0.1) is 17.7 Å². The van der Waals surface area contributed by atoms with Crippen LogP contribution >= 0.6 is 24.0 Å². The van der Waals surface area contributed by atoms with Gasteiger partial charge in [-0.1, -0.05) is 24.3 Å². The number of primary sulfonamides is 1. The largest absolute Gasteiger partial charge is 0.495 e. The molecule has 1 unspecified atom stereocenters. The third-order valence-corrected chi connectivity index (χ3v) is 6.15. The summed E-state index contributed by atoms with van der Waals surface area (Å²) in [5, 5.41) is 12.0. The van der Waals surface area contributed by atoms with E-state index in [-0.39, 0.29) is 34.9 Å². The number of sulfonamides is 1. The monoisotopic (exact) mass is 573 g/mol. The normalized spacial score (nSPS) is 16.4. The van der Waals surface area contributed by atoms with Gasteiger partial charge < -0.3 is 20.3 Å². The second-order valence-corrected chi connectivity index (χ2v) is 9.01. The highest BCUT2D eigenvalue weighted by Crippen LogP contribution is 2.30. The number of aliphatic imine (C=N–C) groups is 1. The molecule has 2 aromatic rings. The Morgan fingerprint density at radius 1 is 1.22 bits per heavy atom. The molecule has 0 radical (unpaired) electrons. The van der Waals surface area contributed by atoms with Gasteiger partial charge in [-0.05, 0) is 49.6 Å². The number of para-hydroxylation sites is 2. The maximum absolute atomic E-state index is 11.4. The summed E-state index contributed by atoms with van der Waals surface area (Å²) in [4.78, 5) is 7.13. The summed E-state index contributed by atoms with van der Waals surface area (Å²) < 4.78 is 28.2. The number of hydrogen-bond acceptors (Lipinski definition) is 5. The second kappa shape index (κ2) is 12.3. The molecule has 3 rings (SSSR count). The fraction of sp³-hybridized carbons (Fsp3) is 0.409. The molecule has 2 aromatic carbocycles. The van der Waals surface area contributed by atoms with E-state index in [0.717, 1.165) is 49.0 Å². The lowest BCUT2D eigenvalue weighted by atomic mass is 10.1. The number of halogens is 1. The van der Waals surface area contributed by atoms with E-state index in [1.165, 1.54) is 12.1 Å². The maximum Gasteiger partial charge on any atom is 0.238 e. The molecule has 0 aliphatic carbocycles. The Morgan fingerprint density at radius 2 is 1.94 bits per heavy atom. The zero-order valence-electron chi connectivity index (χ0n) is 18.5. The Hall–Kier alpha value is -2.05. The Kier molecular flexibility index (Phi) is 10.0. The van der Waals surface area contributed by atoms with Crippen LogP contribution in [0.5, 0.6) is 5.75 Å². The number of methoxy groups -OCH3 is 1. The van der Waals surface area contributed by atoms with Gasteiger partial charge in [-0.3, -0.25) is 4.99 Å². The molecule has 0 amide bonds. The van der Waals surface area contributed by atoms with Gasteiger partial charge in [0, 0.05) is 32.2 Å². The number of nitrogens with two attached hydrogens (primary N) is 1. The van der Waals surface area contributed by atoms with Gasteiger partial charge in [0.1, 0.15) is 5.75 Å². The molecule has 1 aliphatic heterocycles. The van der Waals surface area contributed by atoms with Crippen LogP contribution in [0.1, 0.15) is 18.9 Å². The Labute approximate surface area is 207 Å². The highest BCUT2D eigenvalue weighted by atomic mass is 127. The van der Waals surface area contributed by atoms with Crippen molar-refractivity contribution < 1.29 is 13.2 Å². The molecule has 1 fully saturated rings. The smallest absolute Gasteiger partial charge is 0.238 e. The number of benzene rings is 2. The van der Waals surface area contributed by atoms with E-state index in [1.54, 1.807) is 19.2 Å². The molecule has 0 spiro atoms. The van der Waals surface area contributed by atoms with Crippen molar-refractivity contribution in [3.05, 3.63) is 54.1 Å². The Morgan fingerprint density at radius 3 is 2.59 bits per heavy atom. The minimum Gasteiger partial charge on any atom is -0.495 e. The average Bonchev–Trinajstić information content (AvgIpc) is 3.22. The van der Waals surface area contributed by atoms with Crippen molar-refractivity contribution in [3.63, 3.8) is 0 Å². The van der Waals surface area contributed by atoms with E-state index >= 15 is 0 Å². The van der Waals surface area contributed by atoms with E-state index in [2.05, 4.69) is 26.6 Å². The van der Waals surface area contributed by atoms with Crippen LogP contribution in [0, 0.1) is 0 Å². The molecule has 1 aliphatic rings. The van der Waals surface area contributed by atoms with Gasteiger partial charge in [0.25, 0.3) is 0 Å². The Bertz CT molecular complexity index is 999. The number of rotatable bonds is 8. The highest BCUT2D eigenvalue weighted by Gasteiger charge is 2.25. The van der Waals surface area contributed by atoms with E-state index in [1.807, 2.05) is 25.1 Å². The lowest BCUT2D eigenvalue weighted by Crippen LogP contribution is -2.44. The summed E-state index contributed by atoms with van der Waals surface area (Å²) in [5.41, 5.74) is 2.12. The SMILES string of the molecule is CCNC(=NCCc1ccc(S(N)(=O)=O)cc1)NC1CCN(c2ccccc2OC)C1.I. The number of guanidine groups is 1. The topological polar surface area (TPSA) is 109 Å². The molecule has 10 heteroatoms. The Balaban J connectivity index is 0.00000363. The fourth-order valence-corrected chi connectivity index (χ4v) is 4.16. The molecule has 8 nitrogen and oxygen atoms in total. The molecule has 0 aromatic heterocycles. The molecule has 1 heterocycles. The number of anilines is 1. The highest BCUT2D eigenvalue weighted by molar-refractivity contribution is 14.0. The van der Waals surface area contributed by atoms with Crippen LogP contribution in [-0.4, -0.2) is 53.7 Å². The van der Waals surface area contributed by atoms with Crippen molar-refractivity contribution in [1.82, 2.24) is 10.6 Å². The van der Waals surface area contributed by atoms with Gasteiger partial charge in [-0.2, -0.15) is 0 Å². The number of nitrogens with zero attached hydrogens (tertiary/aromatic N) is 2. The van der Waals surface area contributed by atoms with Crippen LogP contribution < -0.4 is 25.4 Å². The quantitative estimate of drug-likeness (QED) is 0.254. The predicted molar refractivity (Wildman–Crippen MR) is 140 cm³/mol. The molecule has 1 atom stereocenters. The van der Waals surface area contributed by atoms with E-state index in [9.17, 15) is 8.42 Å². The first-order valence-corrected chi connectivity index (χ1v) is 12.0. The van der Waals surface area contributed by atoms with Gasteiger partial charge in [-0.15, -0.1) is 24.0 Å². The maximum atomic E-state index is 11.4. The van der Waals surface area contributed by atoms with Gasteiger partial charge in [-0.25, -0.2) is 13.6 Å². The van der Waals surface area contributed by atoms with Crippen molar-refractivity contribution in [2.45, 2.75) is 30.7 Å². The third-order valence-electron chi connectivity index (χ3n) is 5.22. The molecular weight excluding hydrogens is 541 g/mol. The van der Waals surface area contributed by atoms with Crippen LogP contribution in [0.25, 0.3) is 0 Å². The van der Waals surface area contributed by atoms with Crippen LogP contribution in [0.2, 0.25) is 0 Å². The molecule has 0 saturated carbocycles. The second-order valence-electron chi connectivity index (χ2n) is 7.45. The minimum absolute atomic E-state index is 0. The molecule has 32 heavy (non-hydrogen) atoms. The summed E-state index contributed by atoms with van der Waals surface area (Å²) in [7, 11) is -1.97. The molecule has 4 N–H and O–H groups in total. The van der Waals surface area contributed by atoms with Gasteiger partial charge >= 0.3 is 0 Å². The van der Waals surface area contributed by atoms with Crippen molar-refractivity contribution in [2.24, 2.45) is 10.1 Å². The lowest BCUT2D eigenvalue weighted by Gasteiger charge is -2.22. The minimum atomic E-state index is -3.66.